The van der Waals surface area contributed by atoms with Crippen molar-refractivity contribution in [1.29, 1.82) is 0 Å². The zero-order valence-corrected chi connectivity index (χ0v) is 20.0. The molecule has 2 atom stereocenters. The van der Waals surface area contributed by atoms with Crippen LogP contribution < -0.4 is 10.6 Å². The lowest BCUT2D eigenvalue weighted by molar-refractivity contribution is -0.126. The number of benzene rings is 2. The molecule has 182 valence electrons. The van der Waals surface area contributed by atoms with Gasteiger partial charge in [0.15, 0.2) is 12.1 Å². The van der Waals surface area contributed by atoms with Gasteiger partial charge in [0.05, 0.1) is 6.54 Å². The van der Waals surface area contributed by atoms with Crippen LogP contribution in [0.5, 0.6) is 0 Å². The van der Waals surface area contributed by atoms with Crippen LogP contribution in [0, 0.1) is 17.7 Å². The zero-order valence-electron chi connectivity index (χ0n) is 20.0. The molecule has 2 aromatic carbocycles. The van der Waals surface area contributed by atoms with E-state index in [4.69, 9.17) is 4.74 Å². The summed E-state index contributed by atoms with van der Waals surface area (Å²) in [6, 6.07) is 11.8. The Morgan fingerprint density at radius 3 is 2.41 bits per heavy atom. The third kappa shape index (κ3) is 6.56. The van der Waals surface area contributed by atoms with Gasteiger partial charge in [-0.25, -0.2) is 9.18 Å². The summed E-state index contributed by atoms with van der Waals surface area (Å²) in [5.74, 6) is -0.382. The molecule has 2 unspecified atom stereocenters. The van der Waals surface area contributed by atoms with Crippen LogP contribution in [0.2, 0.25) is 0 Å². The second kappa shape index (κ2) is 11.1. The lowest BCUT2D eigenvalue weighted by Crippen LogP contribution is -2.47. The van der Waals surface area contributed by atoms with E-state index in [1.165, 1.54) is 17.0 Å². The molecule has 3 amide bonds. The van der Waals surface area contributed by atoms with Crippen molar-refractivity contribution < 1.29 is 23.5 Å². The molecule has 0 aromatic heterocycles. The van der Waals surface area contributed by atoms with Crippen molar-refractivity contribution in [2.24, 2.45) is 11.8 Å². The maximum absolute atomic E-state index is 13.3. The van der Waals surface area contributed by atoms with Gasteiger partial charge in [-0.05, 0) is 47.2 Å². The van der Waals surface area contributed by atoms with Crippen LogP contribution in [0.25, 0.3) is 0 Å². The molecular formula is C26H32FN3O4. The summed E-state index contributed by atoms with van der Waals surface area (Å²) in [6.45, 7) is 8.43. The molecule has 1 aliphatic heterocycles. The minimum atomic E-state index is -0.919. The number of hydrogen-bond donors (Lipinski definition) is 2. The minimum absolute atomic E-state index is 0.0974. The first-order valence-electron chi connectivity index (χ1n) is 11.5. The number of carbonyl (C=O) groups is 3. The molecule has 7 nitrogen and oxygen atoms in total. The van der Waals surface area contributed by atoms with Crippen molar-refractivity contribution in [3.63, 3.8) is 0 Å². The standard InChI is InChI=1S/C26H32FN3O4/c1-16(2)12-22(31)29-21-7-5-6-19(13-21)24-23(25(32)28-14-17(3)4)30(26(33)34-24)15-18-8-10-20(27)11-9-18/h5-11,13,16-17,23-24H,12,14-15H2,1-4H3,(H,28,32)(H,29,31). The smallest absolute Gasteiger partial charge is 0.411 e. The molecule has 0 radical (unpaired) electrons. The summed E-state index contributed by atoms with van der Waals surface area (Å²) in [6.07, 6.45) is -1.11. The van der Waals surface area contributed by atoms with Crippen LogP contribution in [0.1, 0.15) is 51.3 Å². The summed E-state index contributed by atoms with van der Waals surface area (Å²) in [5, 5.41) is 5.75. The average Bonchev–Trinajstić information content (AvgIpc) is 3.09. The molecular weight excluding hydrogens is 437 g/mol. The van der Waals surface area contributed by atoms with Gasteiger partial charge in [0.2, 0.25) is 11.8 Å². The Labute approximate surface area is 199 Å². The number of cyclic esters (lactones) is 1. The number of carbonyl (C=O) groups excluding carboxylic acids is 3. The number of nitrogens with one attached hydrogen (secondary N) is 2. The van der Waals surface area contributed by atoms with E-state index in [2.05, 4.69) is 10.6 Å². The molecule has 1 fully saturated rings. The number of halogens is 1. The molecule has 0 spiro atoms. The summed E-state index contributed by atoms with van der Waals surface area (Å²) in [5.41, 5.74) is 1.84. The lowest BCUT2D eigenvalue weighted by Gasteiger charge is -2.25. The van der Waals surface area contributed by atoms with E-state index in [1.54, 1.807) is 36.4 Å². The molecule has 1 heterocycles. The fourth-order valence-corrected chi connectivity index (χ4v) is 3.78. The Balaban J connectivity index is 1.87. The van der Waals surface area contributed by atoms with Gasteiger partial charge in [0.1, 0.15) is 5.82 Å². The quantitative estimate of drug-likeness (QED) is 0.560. The average molecular weight is 470 g/mol. The van der Waals surface area contributed by atoms with Crippen LogP contribution in [0.4, 0.5) is 14.9 Å². The fraction of sp³-hybridized carbons (Fsp3) is 0.423. The molecule has 2 aromatic rings. The Morgan fingerprint density at radius 2 is 1.76 bits per heavy atom. The fourth-order valence-electron chi connectivity index (χ4n) is 3.78. The van der Waals surface area contributed by atoms with E-state index < -0.39 is 18.2 Å². The van der Waals surface area contributed by atoms with Crippen LogP contribution in [-0.4, -0.2) is 35.4 Å². The molecule has 0 saturated carbocycles. The second-order valence-electron chi connectivity index (χ2n) is 9.41. The lowest BCUT2D eigenvalue weighted by atomic mass is 9.99. The number of ether oxygens (including phenoxy) is 1. The second-order valence-corrected chi connectivity index (χ2v) is 9.41. The Bertz CT molecular complexity index is 1020. The van der Waals surface area contributed by atoms with Gasteiger partial charge in [-0.15, -0.1) is 0 Å². The Hall–Kier alpha value is -3.42. The molecule has 3 rings (SSSR count). The minimum Gasteiger partial charge on any atom is -0.438 e. The predicted molar refractivity (Wildman–Crippen MR) is 127 cm³/mol. The molecule has 0 bridgehead atoms. The number of nitrogens with zero attached hydrogens (tertiary/aromatic N) is 1. The molecule has 1 saturated heterocycles. The first-order valence-corrected chi connectivity index (χ1v) is 11.5. The molecule has 0 aliphatic carbocycles. The van der Waals surface area contributed by atoms with Gasteiger partial charge in [-0.3, -0.25) is 14.5 Å². The third-order valence-electron chi connectivity index (χ3n) is 5.40. The van der Waals surface area contributed by atoms with Gasteiger partial charge in [0, 0.05) is 18.7 Å². The molecule has 1 aliphatic rings. The highest BCUT2D eigenvalue weighted by Gasteiger charge is 2.47. The summed E-state index contributed by atoms with van der Waals surface area (Å²) < 4.78 is 19.0. The normalized spacial score (nSPS) is 17.7. The molecule has 2 N–H and O–H groups in total. The van der Waals surface area contributed by atoms with Crippen molar-refractivity contribution in [2.75, 3.05) is 11.9 Å². The van der Waals surface area contributed by atoms with Crippen LogP contribution in [-0.2, 0) is 20.9 Å². The number of rotatable bonds is 9. The van der Waals surface area contributed by atoms with Gasteiger partial charge >= 0.3 is 6.09 Å². The summed E-state index contributed by atoms with van der Waals surface area (Å²) in [7, 11) is 0. The number of hydrogen-bond acceptors (Lipinski definition) is 4. The van der Waals surface area contributed by atoms with Gasteiger partial charge in [-0.1, -0.05) is 52.0 Å². The third-order valence-corrected chi connectivity index (χ3v) is 5.40. The number of amides is 3. The largest absolute Gasteiger partial charge is 0.438 e. The highest BCUT2D eigenvalue weighted by atomic mass is 19.1. The SMILES string of the molecule is CC(C)CNC(=O)C1C(c2cccc(NC(=O)CC(C)C)c2)OC(=O)N1Cc1ccc(F)cc1. The van der Waals surface area contributed by atoms with Crippen LogP contribution in [0.15, 0.2) is 48.5 Å². The van der Waals surface area contributed by atoms with E-state index in [1.807, 2.05) is 27.7 Å². The monoisotopic (exact) mass is 469 g/mol. The summed E-state index contributed by atoms with van der Waals surface area (Å²) >= 11 is 0. The van der Waals surface area contributed by atoms with Crippen molar-refractivity contribution in [2.45, 2.75) is 52.8 Å². The topological polar surface area (TPSA) is 87.7 Å². The molecule has 8 heteroatoms. The Morgan fingerprint density at radius 1 is 1.06 bits per heavy atom. The van der Waals surface area contributed by atoms with Crippen LogP contribution in [0.3, 0.4) is 0 Å². The highest BCUT2D eigenvalue weighted by molar-refractivity contribution is 5.91. The van der Waals surface area contributed by atoms with E-state index >= 15 is 0 Å². The van der Waals surface area contributed by atoms with E-state index in [9.17, 15) is 18.8 Å². The maximum atomic E-state index is 13.3. The first kappa shape index (κ1) is 25.2. The molecule has 34 heavy (non-hydrogen) atoms. The number of anilines is 1. The van der Waals surface area contributed by atoms with Crippen LogP contribution >= 0.6 is 0 Å². The van der Waals surface area contributed by atoms with Crippen molar-refractivity contribution in [3.05, 3.63) is 65.5 Å². The van der Waals surface area contributed by atoms with Gasteiger partial charge in [0.25, 0.3) is 0 Å². The van der Waals surface area contributed by atoms with Crippen molar-refractivity contribution in [3.8, 4) is 0 Å². The van der Waals surface area contributed by atoms with E-state index in [0.29, 0.717) is 29.8 Å². The van der Waals surface area contributed by atoms with Crippen molar-refractivity contribution in [1.82, 2.24) is 10.2 Å². The van der Waals surface area contributed by atoms with E-state index in [-0.39, 0.29) is 36.0 Å². The van der Waals surface area contributed by atoms with E-state index in [0.717, 1.165) is 0 Å². The zero-order chi connectivity index (χ0) is 24.8. The highest BCUT2D eigenvalue weighted by Crippen LogP contribution is 2.35. The van der Waals surface area contributed by atoms with Crippen molar-refractivity contribution >= 4 is 23.6 Å². The van der Waals surface area contributed by atoms with Gasteiger partial charge < -0.3 is 15.4 Å². The van der Waals surface area contributed by atoms with Gasteiger partial charge in [-0.2, -0.15) is 0 Å². The summed E-state index contributed by atoms with van der Waals surface area (Å²) in [4.78, 5) is 39.6. The first-order chi connectivity index (χ1) is 16.1. The maximum Gasteiger partial charge on any atom is 0.411 e. The predicted octanol–water partition coefficient (Wildman–Crippen LogP) is 4.64. The Kier molecular flexibility index (Phi) is 8.26.